The lowest BCUT2D eigenvalue weighted by molar-refractivity contribution is 1.06. The van der Waals surface area contributed by atoms with Crippen LogP contribution in [0.4, 0.5) is 0 Å². The van der Waals surface area contributed by atoms with Gasteiger partial charge in [0.1, 0.15) is 0 Å². The number of benzene rings is 9. The molecule has 0 aliphatic heterocycles. The first kappa shape index (κ1) is 35.9. The summed E-state index contributed by atoms with van der Waals surface area (Å²) >= 11 is 1.84. The molecule has 0 fully saturated rings. The molecule has 12 aromatic rings. The summed E-state index contributed by atoms with van der Waals surface area (Å²) in [5.41, 5.74) is 12.9. The Hall–Kier alpha value is -7.99. The molecule has 0 saturated heterocycles. The van der Waals surface area contributed by atoms with Crippen LogP contribution in [0, 0.1) is 0 Å². The minimum atomic E-state index is 0.598. The maximum Gasteiger partial charge on any atom is 0.166 e. The molecule has 0 radical (unpaired) electrons. The summed E-state index contributed by atoms with van der Waals surface area (Å²) in [7, 11) is 0. The van der Waals surface area contributed by atoms with Gasteiger partial charge in [-0.2, -0.15) is 0 Å². The quantitative estimate of drug-likeness (QED) is 0.161. The third-order valence-corrected chi connectivity index (χ3v) is 13.0. The first-order valence-corrected chi connectivity index (χ1v) is 21.7. The van der Waals surface area contributed by atoms with Gasteiger partial charge in [-0.25, -0.2) is 15.0 Å². The van der Waals surface area contributed by atoms with Gasteiger partial charge in [0.15, 0.2) is 17.5 Å². The summed E-state index contributed by atoms with van der Waals surface area (Å²) in [6.45, 7) is 0. The Kier molecular flexibility index (Phi) is 8.65. The van der Waals surface area contributed by atoms with E-state index in [1.807, 2.05) is 47.7 Å². The van der Waals surface area contributed by atoms with Gasteiger partial charge in [-0.1, -0.05) is 188 Å². The second-order valence-corrected chi connectivity index (χ2v) is 16.6. The van der Waals surface area contributed by atoms with Gasteiger partial charge in [-0.3, -0.25) is 0 Å². The number of para-hydroxylation sites is 1. The lowest BCUT2D eigenvalue weighted by Crippen LogP contribution is -2.04. The molecule has 3 heterocycles. The van der Waals surface area contributed by atoms with E-state index in [1.165, 1.54) is 36.5 Å². The minimum Gasteiger partial charge on any atom is -0.308 e. The molecule has 0 atom stereocenters. The number of hydrogen-bond donors (Lipinski definition) is 0. The Morgan fingerprint density at radius 2 is 0.871 bits per heavy atom. The molecule has 12 rings (SSSR count). The Labute approximate surface area is 362 Å². The van der Waals surface area contributed by atoms with Crippen molar-refractivity contribution in [3.63, 3.8) is 0 Å². The van der Waals surface area contributed by atoms with Gasteiger partial charge >= 0.3 is 0 Å². The predicted octanol–water partition coefficient (Wildman–Crippen LogP) is 15.3. The molecule has 0 aliphatic rings. The number of hydrogen-bond acceptors (Lipinski definition) is 4. The maximum atomic E-state index is 5.39. The van der Waals surface area contributed by atoms with Crippen molar-refractivity contribution >= 4 is 53.3 Å². The molecule has 62 heavy (non-hydrogen) atoms. The van der Waals surface area contributed by atoms with Crippen LogP contribution in [0.25, 0.3) is 115 Å². The average molecular weight is 809 g/mol. The zero-order valence-electron chi connectivity index (χ0n) is 33.5. The molecule has 0 unspecified atom stereocenters. The van der Waals surface area contributed by atoms with E-state index in [0.717, 1.165) is 61.3 Å². The smallest absolute Gasteiger partial charge is 0.166 e. The van der Waals surface area contributed by atoms with Crippen LogP contribution in [-0.2, 0) is 0 Å². The van der Waals surface area contributed by atoms with Gasteiger partial charge in [-0.05, 0) is 63.7 Å². The lowest BCUT2D eigenvalue weighted by Gasteiger charge is -2.20. The first-order valence-electron chi connectivity index (χ1n) is 20.9. The standard InChI is InChI=1S/C57H36N4S/c1-5-18-37(19-6-1)42-28-17-29-43(38-20-7-2-8-21-38)52(42)41-32-34-49(47(36-41)57-59-55(39-22-9-3-10-23-39)58-56(60-57)40-24-11-4-12-25-40)61-48-30-15-13-26-44(48)45-33-35-51-53(54(45)61)46-27-14-16-31-50(46)62-51/h1-36H. The highest BCUT2D eigenvalue weighted by atomic mass is 32.1. The fraction of sp³-hybridized carbons (Fsp3) is 0. The Morgan fingerprint density at radius 1 is 0.339 bits per heavy atom. The number of fused-ring (bicyclic) bond motifs is 7. The van der Waals surface area contributed by atoms with Crippen LogP contribution < -0.4 is 0 Å². The van der Waals surface area contributed by atoms with E-state index < -0.39 is 0 Å². The van der Waals surface area contributed by atoms with Crippen LogP contribution in [0.15, 0.2) is 218 Å². The molecule has 0 N–H and O–H groups in total. The summed E-state index contributed by atoms with van der Waals surface area (Å²) < 4.78 is 4.98. The summed E-state index contributed by atoms with van der Waals surface area (Å²) in [4.78, 5) is 15.9. The largest absolute Gasteiger partial charge is 0.308 e. The molecular formula is C57H36N4S. The van der Waals surface area contributed by atoms with E-state index in [9.17, 15) is 0 Å². The Balaban J connectivity index is 1.23. The van der Waals surface area contributed by atoms with E-state index >= 15 is 0 Å². The van der Waals surface area contributed by atoms with Crippen LogP contribution in [0.1, 0.15) is 0 Å². The second kappa shape index (κ2) is 14.9. The van der Waals surface area contributed by atoms with Crippen molar-refractivity contribution in [3.05, 3.63) is 218 Å². The fourth-order valence-electron chi connectivity index (χ4n) is 9.09. The van der Waals surface area contributed by atoms with Crippen LogP contribution in [0.3, 0.4) is 0 Å². The Morgan fingerprint density at radius 3 is 1.50 bits per heavy atom. The molecule has 0 spiro atoms. The molecule has 4 nitrogen and oxygen atoms in total. The molecule has 3 aromatic heterocycles. The topological polar surface area (TPSA) is 43.6 Å². The molecule has 0 amide bonds. The maximum absolute atomic E-state index is 5.39. The number of rotatable bonds is 7. The van der Waals surface area contributed by atoms with Crippen molar-refractivity contribution < 1.29 is 0 Å². The van der Waals surface area contributed by atoms with Crippen molar-refractivity contribution in [2.75, 3.05) is 0 Å². The van der Waals surface area contributed by atoms with Crippen LogP contribution in [0.5, 0.6) is 0 Å². The van der Waals surface area contributed by atoms with Crippen LogP contribution in [0.2, 0.25) is 0 Å². The van der Waals surface area contributed by atoms with Crippen molar-refractivity contribution in [1.82, 2.24) is 19.5 Å². The summed E-state index contributed by atoms with van der Waals surface area (Å²) in [5.74, 6) is 1.84. The van der Waals surface area contributed by atoms with Crippen molar-refractivity contribution in [3.8, 4) is 73.2 Å². The zero-order chi connectivity index (χ0) is 41.0. The van der Waals surface area contributed by atoms with Gasteiger partial charge in [0.2, 0.25) is 0 Å². The highest BCUT2D eigenvalue weighted by Gasteiger charge is 2.24. The van der Waals surface area contributed by atoms with Gasteiger partial charge in [-0.15, -0.1) is 11.3 Å². The molecule has 290 valence electrons. The highest BCUT2D eigenvalue weighted by molar-refractivity contribution is 7.26. The van der Waals surface area contributed by atoms with E-state index in [0.29, 0.717) is 17.5 Å². The van der Waals surface area contributed by atoms with Gasteiger partial charge in [0.25, 0.3) is 0 Å². The number of thiophene rings is 1. The second-order valence-electron chi connectivity index (χ2n) is 15.5. The van der Waals surface area contributed by atoms with E-state index in [1.54, 1.807) is 0 Å². The fourth-order valence-corrected chi connectivity index (χ4v) is 10.2. The molecule has 0 bridgehead atoms. The molecular weight excluding hydrogens is 773 g/mol. The van der Waals surface area contributed by atoms with Crippen molar-refractivity contribution in [1.29, 1.82) is 0 Å². The highest BCUT2D eigenvalue weighted by Crippen LogP contribution is 2.46. The first-order chi connectivity index (χ1) is 30.8. The van der Waals surface area contributed by atoms with Gasteiger partial charge < -0.3 is 4.57 Å². The number of nitrogens with zero attached hydrogens (tertiary/aromatic N) is 4. The van der Waals surface area contributed by atoms with Gasteiger partial charge in [0.05, 0.1) is 16.7 Å². The lowest BCUT2D eigenvalue weighted by atomic mass is 9.87. The summed E-state index contributed by atoms with van der Waals surface area (Å²) in [5, 5.41) is 4.90. The predicted molar refractivity (Wildman–Crippen MR) is 260 cm³/mol. The Bertz CT molecular complexity index is 3500. The molecule has 5 heteroatoms. The monoisotopic (exact) mass is 808 g/mol. The normalized spacial score (nSPS) is 11.5. The number of aromatic nitrogens is 4. The van der Waals surface area contributed by atoms with Crippen molar-refractivity contribution in [2.45, 2.75) is 0 Å². The zero-order valence-corrected chi connectivity index (χ0v) is 34.3. The van der Waals surface area contributed by atoms with E-state index in [4.69, 9.17) is 15.0 Å². The third-order valence-electron chi connectivity index (χ3n) is 11.9. The van der Waals surface area contributed by atoms with E-state index in [-0.39, 0.29) is 0 Å². The SMILES string of the molecule is c1ccc(-c2nc(-c3ccccc3)nc(-c3cc(-c4c(-c5ccccc5)cccc4-c4ccccc4)ccc3-n3c4ccccc4c4ccc5sc6ccccc6c5c43)n2)cc1. The minimum absolute atomic E-state index is 0.598. The van der Waals surface area contributed by atoms with Crippen molar-refractivity contribution in [2.24, 2.45) is 0 Å². The van der Waals surface area contributed by atoms with E-state index in [2.05, 4.69) is 187 Å². The summed E-state index contributed by atoms with van der Waals surface area (Å²) in [6, 6.07) is 77.5. The summed E-state index contributed by atoms with van der Waals surface area (Å²) in [6.07, 6.45) is 0. The molecule has 0 saturated carbocycles. The molecule has 0 aliphatic carbocycles. The van der Waals surface area contributed by atoms with Gasteiger partial charge in [0, 0.05) is 47.6 Å². The van der Waals surface area contributed by atoms with Crippen LogP contribution in [-0.4, -0.2) is 19.5 Å². The third kappa shape index (κ3) is 6.01. The average Bonchev–Trinajstić information content (AvgIpc) is 3.90. The van der Waals surface area contributed by atoms with Crippen LogP contribution >= 0.6 is 11.3 Å². The molecule has 9 aromatic carbocycles.